The van der Waals surface area contributed by atoms with Crippen molar-refractivity contribution in [2.24, 2.45) is 0 Å². The van der Waals surface area contributed by atoms with Gasteiger partial charge in [0.2, 0.25) is 0 Å². The van der Waals surface area contributed by atoms with Gasteiger partial charge in [-0.3, -0.25) is 0 Å². The second-order valence-electron chi connectivity index (χ2n) is 4.36. The molecule has 1 nitrogen and oxygen atoms in total. The highest BCUT2D eigenvalue weighted by Crippen LogP contribution is 2.32. The van der Waals surface area contributed by atoms with Crippen molar-refractivity contribution in [1.82, 2.24) is 0 Å². The fourth-order valence-electron chi connectivity index (χ4n) is 1.84. The maximum atomic E-state index is 5.95. The van der Waals surface area contributed by atoms with E-state index in [1.165, 1.54) is 0 Å². The highest BCUT2D eigenvalue weighted by Gasteiger charge is 2.08. The zero-order valence-electron chi connectivity index (χ0n) is 10.6. The summed E-state index contributed by atoms with van der Waals surface area (Å²) in [6.45, 7) is 4.07. The number of rotatable bonds is 3. The van der Waals surface area contributed by atoms with Crippen LogP contribution in [0.25, 0.3) is 0 Å². The molecular formula is C15H13BrCl2O. The van der Waals surface area contributed by atoms with E-state index in [2.05, 4.69) is 15.9 Å². The van der Waals surface area contributed by atoms with Crippen LogP contribution in [0.5, 0.6) is 11.5 Å². The van der Waals surface area contributed by atoms with Crippen LogP contribution in [0.15, 0.2) is 34.8 Å². The molecule has 0 fully saturated rings. The predicted molar refractivity (Wildman–Crippen MR) is 84.7 cm³/mol. The van der Waals surface area contributed by atoms with Gasteiger partial charge in [-0.05, 0) is 55.3 Å². The van der Waals surface area contributed by atoms with E-state index in [4.69, 9.17) is 27.9 Å². The average molecular weight is 360 g/mol. The summed E-state index contributed by atoms with van der Waals surface area (Å²) < 4.78 is 7.01. The third-order valence-electron chi connectivity index (χ3n) is 2.80. The van der Waals surface area contributed by atoms with Gasteiger partial charge >= 0.3 is 0 Å². The van der Waals surface area contributed by atoms with Crippen molar-refractivity contribution in [2.45, 2.75) is 19.7 Å². The Labute approximate surface area is 131 Å². The van der Waals surface area contributed by atoms with Crippen molar-refractivity contribution in [2.75, 3.05) is 0 Å². The molecule has 2 aromatic rings. The molecule has 4 heteroatoms. The van der Waals surface area contributed by atoms with Gasteiger partial charge in [0.05, 0.1) is 5.88 Å². The Balaban J connectivity index is 2.36. The molecule has 0 spiro atoms. The minimum Gasteiger partial charge on any atom is -0.457 e. The summed E-state index contributed by atoms with van der Waals surface area (Å²) in [5.41, 5.74) is 3.15. The predicted octanol–water partition coefficient (Wildman–Crippen LogP) is 6.25. The average Bonchev–Trinajstić information content (AvgIpc) is 2.38. The number of ether oxygens (including phenoxy) is 1. The van der Waals surface area contributed by atoms with E-state index < -0.39 is 0 Å². The van der Waals surface area contributed by atoms with Crippen LogP contribution < -0.4 is 4.74 Å². The molecule has 100 valence electrons. The van der Waals surface area contributed by atoms with Crippen molar-refractivity contribution in [1.29, 1.82) is 0 Å². The Hall–Kier alpha value is -0.700. The van der Waals surface area contributed by atoms with Crippen LogP contribution >= 0.6 is 39.1 Å². The van der Waals surface area contributed by atoms with Crippen LogP contribution in [0.1, 0.15) is 16.7 Å². The molecule has 0 unspecified atom stereocenters. The van der Waals surface area contributed by atoms with Crippen LogP contribution in [0.4, 0.5) is 0 Å². The van der Waals surface area contributed by atoms with Gasteiger partial charge < -0.3 is 4.74 Å². The first-order valence-corrected chi connectivity index (χ1v) is 7.51. The standard InChI is InChI=1S/C15H13BrCl2O/c1-9-5-13(6-10(2)15(9)16)19-14-4-3-12(18)7-11(14)8-17/h3-7H,8H2,1-2H3. The minimum absolute atomic E-state index is 0.365. The van der Waals surface area contributed by atoms with Gasteiger partial charge in [0.1, 0.15) is 11.5 Å². The van der Waals surface area contributed by atoms with E-state index in [-0.39, 0.29) is 0 Å². The van der Waals surface area contributed by atoms with E-state index >= 15 is 0 Å². The fraction of sp³-hybridized carbons (Fsp3) is 0.200. The van der Waals surface area contributed by atoms with Crippen LogP contribution in [0.3, 0.4) is 0 Å². The summed E-state index contributed by atoms with van der Waals surface area (Å²) in [5.74, 6) is 1.90. The zero-order valence-corrected chi connectivity index (χ0v) is 13.7. The lowest BCUT2D eigenvalue weighted by atomic mass is 10.1. The molecule has 19 heavy (non-hydrogen) atoms. The third kappa shape index (κ3) is 3.44. The summed E-state index contributed by atoms with van der Waals surface area (Å²) >= 11 is 15.4. The number of halogens is 3. The molecule has 0 bridgehead atoms. The summed E-state index contributed by atoms with van der Waals surface area (Å²) in [6, 6.07) is 9.44. The first-order chi connectivity index (χ1) is 9.01. The van der Waals surface area contributed by atoms with Gasteiger partial charge in [-0.25, -0.2) is 0 Å². The van der Waals surface area contributed by atoms with Crippen LogP contribution in [-0.2, 0) is 5.88 Å². The van der Waals surface area contributed by atoms with E-state index in [1.807, 2.05) is 38.1 Å². The normalized spacial score (nSPS) is 10.6. The summed E-state index contributed by atoms with van der Waals surface area (Å²) in [4.78, 5) is 0. The lowest BCUT2D eigenvalue weighted by Crippen LogP contribution is -1.92. The Morgan fingerprint density at radius 2 is 1.74 bits per heavy atom. The van der Waals surface area contributed by atoms with Crippen LogP contribution in [0, 0.1) is 13.8 Å². The summed E-state index contributed by atoms with van der Waals surface area (Å²) in [6.07, 6.45) is 0. The van der Waals surface area contributed by atoms with Crippen molar-refractivity contribution >= 4 is 39.1 Å². The van der Waals surface area contributed by atoms with E-state index in [9.17, 15) is 0 Å². The topological polar surface area (TPSA) is 9.23 Å². The number of benzene rings is 2. The maximum Gasteiger partial charge on any atom is 0.131 e. The number of alkyl halides is 1. The zero-order chi connectivity index (χ0) is 14.0. The van der Waals surface area contributed by atoms with Crippen molar-refractivity contribution in [3.8, 4) is 11.5 Å². The summed E-state index contributed by atoms with van der Waals surface area (Å²) in [5, 5.41) is 0.658. The monoisotopic (exact) mass is 358 g/mol. The molecule has 2 aromatic carbocycles. The molecule has 0 saturated carbocycles. The highest BCUT2D eigenvalue weighted by molar-refractivity contribution is 9.10. The molecule has 0 saturated heterocycles. The van der Waals surface area contributed by atoms with Crippen LogP contribution in [0.2, 0.25) is 5.02 Å². The maximum absolute atomic E-state index is 5.95. The second kappa shape index (κ2) is 6.17. The molecule has 0 aromatic heterocycles. The van der Waals surface area contributed by atoms with E-state index in [1.54, 1.807) is 6.07 Å². The van der Waals surface area contributed by atoms with Gasteiger partial charge in [0.15, 0.2) is 0 Å². The molecule has 0 atom stereocenters. The molecule has 0 aliphatic heterocycles. The SMILES string of the molecule is Cc1cc(Oc2ccc(Cl)cc2CCl)cc(C)c1Br. The lowest BCUT2D eigenvalue weighted by Gasteiger charge is -2.12. The smallest absolute Gasteiger partial charge is 0.131 e. The van der Waals surface area contributed by atoms with Gasteiger partial charge in [0.25, 0.3) is 0 Å². The van der Waals surface area contributed by atoms with E-state index in [0.717, 1.165) is 32.7 Å². The second-order valence-corrected chi connectivity index (χ2v) is 5.86. The van der Waals surface area contributed by atoms with Gasteiger partial charge in [0, 0.05) is 15.1 Å². The third-order valence-corrected chi connectivity index (χ3v) is 4.58. The van der Waals surface area contributed by atoms with Crippen LogP contribution in [-0.4, -0.2) is 0 Å². The van der Waals surface area contributed by atoms with Gasteiger partial charge in [-0.15, -0.1) is 11.6 Å². The Bertz CT molecular complexity index is 588. The fourth-order valence-corrected chi connectivity index (χ4v) is 2.48. The van der Waals surface area contributed by atoms with Gasteiger partial charge in [-0.1, -0.05) is 27.5 Å². The molecular weight excluding hydrogens is 347 g/mol. The molecule has 0 amide bonds. The number of hydrogen-bond donors (Lipinski definition) is 0. The Kier molecular flexibility index (Phi) is 4.77. The molecule has 0 aliphatic rings. The molecule has 0 aliphatic carbocycles. The number of hydrogen-bond acceptors (Lipinski definition) is 1. The molecule has 0 radical (unpaired) electrons. The first kappa shape index (κ1) is 14.7. The largest absolute Gasteiger partial charge is 0.457 e. The number of aryl methyl sites for hydroxylation is 2. The van der Waals surface area contributed by atoms with Gasteiger partial charge in [-0.2, -0.15) is 0 Å². The highest BCUT2D eigenvalue weighted by atomic mass is 79.9. The van der Waals surface area contributed by atoms with Crippen molar-refractivity contribution in [3.05, 3.63) is 56.5 Å². The summed E-state index contributed by atoms with van der Waals surface area (Å²) in [7, 11) is 0. The molecule has 2 rings (SSSR count). The minimum atomic E-state index is 0.365. The lowest BCUT2D eigenvalue weighted by molar-refractivity contribution is 0.477. The van der Waals surface area contributed by atoms with Crippen molar-refractivity contribution < 1.29 is 4.74 Å². The quantitative estimate of drug-likeness (QED) is 0.588. The Morgan fingerprint density at radius 3 is 2.32 bits per heavy atom. The molecule has 0 N–H and O–H groups in total. The van der Waals surface area contributed by atoms with Crippen molar-refractivity contribution in [3.63, 3.8) is 0 Å². The Morgan fingerprint density at radius 1 is 1.11 bits per heavy atom. The molecule has 0 heterocycles. The van der Waals surface area contributed by atoms with E-state index in [0.29, 0.717) is 10.9 Å². The first-order valence-electron chi connectivity index (χ1n) is 5.80.